The highest BCUT2D eigenvalue weighted by Crippen LogP contribution is 2.28. The SMILES string of the molecule is C[C@@H](OC(=O)c1cc2c(F)cccc2s1)C(=O)N1CCN(c2ccccc2)CC1. The Morgan fingerprint density at radius 1 is 1.03 bits per heavy atom. The van der Waals surface area contributed by atoms with E-state index in [1.54, 1.807) is 24.0 Å². The van der Waals surface area contributed by atoms with Crippen LogP contribution in [-0.4, -0.2) is 49.1 Å². The summed E-state index contributed by atoms with van der Waals surface area (Å²) in [6.07, 6.45) is -0.888. The van der Waals surface area contributed by atoms with Gasteiger partial charge in [0.25, 0.3) is 5.91 Å². The van der Waals surface area contributed by atoms with Gasteiger partial charge in [-0.05, 0) is 37.3 Å². The Balaban J connectivity index is 1.35. The third-order valence-electron chi connectivity index (χ3n) is 5.05. The molecule has 0 spiro atoms. The largest absolute Gasteiger partial charge is 0.448 e. The molecule has 1 aliphatic heterocycles. The number of benzene rings is 2. The zero-order chi connectivity index (χ0) is 20.4. The fourth-order valence-corrected chi connectivity index (χ4v) is 4.43. The van der Waals surface area contributed by atoms with Crippen LogP contribution in [0.2, 0.25) is 0 Å². The first-order chi connectivity index (χ1) is 14.0. The van der Waals surface area contributed by atoms with Crippen molar-refractivity contribution >= 4 is 39.0 Å². The fourth-order valence-electron chi connectivity index (χ4n) is 3.48. The van der Waals surface area contributed by atoms with Gasteiger partial charge in [-0.25, -0.2) is 9.18 Å². The van der Waals surface area contributed by atoms with E-state index >= 15 is 0 Å². The molecule has 0 saturated carbocycles. The van der Waals surface area contributed by atoms with Crippen LogP contribution in [0, 0.1) is 5.82 Å². The van der Waals surface area contributed by atoms with Gasteiger partial charge in [-0.1, -0.05) is 24.3 Å². The van der Waals surface area contributed by atoms with Crippen molar-refractivity contribution in [2.45, 2.75) is 13.0 Å². The lowest BCUT2D eigenvalue weighted by Gasteiger charge is -2.37. The van der Waals surface area contributed by atoms with Gasteiger partial charge < -0.3 is 14.5 Å². The molecule has 2 heterocycles. The van der Waals surface area contributed by atoms with Crippen LogP contribution < -0.4 is 4.90 Å². The highest BCUT2D eigenvalue weighted by molar-refractivity contribution is 7.20. The van der Waals surface area contributed by atoms with Crippen LogP contribution in [0.3, 0.4) is 0 Å². The molecule has 7 heteroatoms. The molecular weight excluding hydrogens is 391 g/mol. The van der Waals surface area contributed by atoms with Gasteiger partial charge in [0.1, 0.15) is 10.7 Å². The zero-order valence-electron chi connectivity index (χ0n) is 16.0. The Labute approximate surface area is 172 Å². The molecule has 3 aromatic rings. The summed E-state index contributed by atoms with van der Waals surface area (Å²) in [5.74, 6) is -1.19. The summed E-state index contributed by atoms with van der Waals surface area (Å²) in [7, 11) is 0. The number of rotatable bonds is 4. The molecule has 29 heavy (non-hydrogen) atoms. The van der Waals surface area contributed by atoms with Crippen LogP contribution in [-0.2, 0) is 9.53 Å². The average molecular weight is 412 g/mol. The molecule has 1 saturated heterocycles. The molecular formula is C22H21FN2O3S. The minimum atomic E-state index is -0.888. The van der Waals surface area contributed by atoms with Crippen molar-refractivity contribution in [1.82, 2.24) is 4.90 Å². The number of amides is 1. The van der Waals surface area contributed by atoms with E-state index in [2.05, 4.69) is 17.0 Å². The highest BCUT2D eigenvalue weighted by Gasteiger charge is 2.28. The van der Waals surface area contributed by atoms with Gasteiger partial charge in [0.2, 0.25) is 0 Å². The van der Waals surface area contributed by atoms with E-state index in [-0.39, 0.29) is 11.7 Å². The van der Waals surface area contributed by atoms with Crippen molar-refractivity contribution in [3.63, 3.8) is 0 Å². The number of piperazine rings is 1. The predicted molar refractivity (Wildman–Crippen MR) is 112 cm³/mol. The first kappa shape index (κ1) is 19.4. The maximum absolute atomic E-state index is 13.8. The second-order valence-corrected chi connectivity index (χ2v) is 8.04. The number of halogens is 1. The molecule has 1 aromatic heterocycles. The number of thiophene rings is 1. The van der Waals surface area contributed by atoms with Gasteiger partial charge in [-0.15, -0.1) is 11.3 Å². The fraction of sp³-hybridized carbons (Fsp3) is 0.273. The van der Waals surface area contributed by atoms with Gasteiger partial charge in [0, 0.05) is 42.0 Å². The Morgan fingerprint density at radius 2 is 1.76 bits per heavy atom. The average Bonchev–Trinajstić information content (AvgIpc) is 3.20. The summed E-state index contributed by atoms with van der Waals surface area (Å²) in [5.41, 5.74) is 1.14. The molecule has 4 rings (SSSR count). The molecule has 0 radical (unpaired) electrons. The zero-order valence-corrected chi connectivity index (χ0v) is 16.8. The summed E-state index contributed by atoms with van der Waals surface area (Å²) in [4.78, 5) is 29.4. The number of carbonyl (C=O) groups excluding carboxylic acids is 2. The number of nitrogens with zero attached hydrogens (tertiary/aromatic N) is 2. The van der Waals surface area contributed by atoms with Crippen LogP contribution in [0.15, 0.2) is 54.6 Å². The first-order valence-corrected chi connectivity index (χ1v) is 10.3. The molecule has 0 bridgehead atoms. The summed E-state index contributed by atoms with van der Waals surface area (Å²) in [5, 5.41) is 0.389. The standard InChI is InChI=1S/C22H21FN2O3S/c1-15(28-22(27)20-14-17-18(23)8-5-9-19(17)29-20)21(26)25-12-10-24(11-13-25)16-6-3-2-4-7-16/h2-9,14-15H,10-13H2,1H3/t15-/m1/s1. The van der Waals surface area contributed by atoms with E-state index in [9.17, 15) is 14.0 Å². The number of hydrogen-bond donors (Lipinski definition) is 0. The van der Waals surface area contributed by atoms with Crippen LogP contribution in [0.1, 0.15) is 16.6 Å². The number of carbonyl (C=O) groups is 2. The summed E-state index contributed by atoms with van der Waals surface area (Å²) in [6, 6.07) is 16.3. The van der Waals surface area contributed by atoms with Gasteiger partial charge >= 0.3 is 5.97 Å². The van der Waals surface area contributed by atoms with Crippen molar-refractivity contribution in [3.05, 3.63) is 65.3 Å². The topological polar surface area (TPSA) is 49.9 Å². The predicted octanol–water partition coefficient (Wildman–Crippen LogP) is 3.93. The van der Waals surface area contributed by atoms with Crippen molar-refractivity contribution in [2.75, 3.05) is 31.1 Å². The van der Waals surface area contributed by atoms with E-state index in [1.807, 2.05) is 18.2 Å². The van der Waals surface area contributed by atoms with Gasteiger partial charge in [-0.3, -0.25) is 4.79 Å². The molecule has 1 aliphatic rings. The lowest BCUT2D eigenvalue weighted by Crippen LogP contribution is -2.51. The van der Waals surface area contributed by atoms with E-state index in [0.717, 1.165) is 30.1 Å². The lowest BCUT2D eigenvalue weighted by atomic mass is 10.2. The third kappa shape index (κ3) is 4.10. The molecule has 150 valence electrons. The van der Waals surface area contributed by atoms with Crippen molar-refractivity contribution in [1.29, 1.82) is 0 Å². The molecule has 2 aromatic carbocycles. The monoisotopic (exact) mass is 412 g/mol. The van der Waals surface area contributed by atoms with Crippen LogP contribution in [0.25, 0.3) is 10.1 Å². The lowest BCUT2D eigenvalue weighted by molar-refractivity contribution is -0.140. The normalized spacial score (nSPS) is 15.4. The number of fused-ring (bicyclic) bond motifs is 1. The second kappa shape index (κ2) is 8.21. The van der Waals surface area contributed by atoms with Crippen molar-refractivity contribution < 1.29 is 18.7 Å². The molecule has 1 amide bonds. The summed E-state index contributed by atoms with van der Waals surface area (Å²) in [6.45, 7) is 4.18. The molecule has 1 atom stereocenters. The van der Waals surface area contributed by atoms with Gasteiger partial charge in [-0.2, -0.15) is 0 Å². The quantitative estimate of drug-likeness (QED) is 0.609. The van der Waals surface area contributed by atoms with E-state index < -0.39 is 12.1 Å². The van der Waals surface area contributed by atoms with E-state index in [1.165, 1.54) is 12.1 Å². The van der Waals surface area contributed by atoms with E-state index in [0.29, 0.717) is 28.1 Å². The number of esters is 1. The molecule has 1 fully saturated rings. The van der Waals surface area contributed by atoms with Crippen LogP contribution in [0.5, 0.6) is 0 Å². The number of anilines is 1. The maximum atomic E-state index is 13.8. The molecule has 0 aliphatic carbocycles. The summed E-state index contributed by atoms with van der Waals surface area (Å²) >= 11 is 1.16. The summed E-state index contributed by atoms with van der Waals surface area (Å²) < 4.78 is 19.9. The van der Waals surface area contributed by atoms with Crippen molar-refractivity contribution in [2.24, 2.45) is 0 Å². The Bertz CT molecular complexity index is 1030. The Hall–Kier alpha value is -2.93. The van der Waals surface area contributed by atoms with Gasteiger partial charge in [0.15, 0.2) is 6.10 Å². The minimum Gasteiger partial charge on any atom is -0.448 e. The van der Waals surface area contributed by atoms with Crippen LogP contribution in [0.4, 0.5) is 10.1 Å². The number of hydrogen-bond acceptors (Lipinski definition) is 5. The molecule has 0 N–H and O–H groups in total. The van der Waals surface area contributed by atoms with Gasteiger partial charge in [0.05, 0.1) is 0 Å². The highest BCUT2D eigenvalue weighted by atomic mass is 32.1. The molecule has 0 unspecified atom stereocenters. The second-order valence-electron chi connectivity index (χ2n) is 6.96. The molecule has 5 nitrogen and oxygen atoms in total. The minimum absolute atomic E-state index is 0.210. The first-order valence-electron chi connectivity index (χ1n) is 9.51. The Morgan fingerprint density at radius 3 is 2.45 bits per heavy atom. The maximum Gasteiger partial charge on any atom is 0.349 e. The van der Waals surface area contributed by atoms with Crippen LogP contribution >= 0.6 is 11.3 Å². The number of para-hydroxylation sites is 1. The van der Waals surface area contributed by atoms with E-state index in [4.69, 9.17) is 4.74 Å². The smallest absolute Gasteiger partial charge is 0.349 e. The van der Waals surface area contributed by atoms with Crippen molar-refractivity contribution in [3.8, 4) is 0 Å². The Kier molecular flexibility index (Phi) is 5.49. The number of ether oxygens (including phenoxy) is 1. The third-order valence-corrected chi connectivity index (χ3v) is 6.13.